The molecular weight excluding hydrogens is 304 g/mol. The maximum atomic E-state index is 11.0. The van der Waals surface area contributed by atoms with Gasteiger partial charge >= 0.3 is 0 Å². The highest BCUT2D eigenvalue weighted by atomic mass is 32.1. The van der Waals surface area contributed by atoms with Gasteiger partial charge in [0.1, 0.15) is 0 Å². The highest BCUT2D eigenvalue weighted by Crippen LogP contribution is 2.12. The van der Waals surface area contributed by atoms with Gasteiger partial charge in [0.05, 0.1) is 0 Å². The average Bonchev–Trinajstić information content (AvgIpc) is 2.55. The van der Waals surface area contributed by atoms with E-state index in [1.165, 1.54) is 12.5 Å². The molecule has 2 aromatic rings. The second-order valence-corrected chi connectivity index (χ2v) is 6.15. The lowest BCUT2D eigenvalue weighted by Crippen LogP contribution is -2.21. The smallest absolute Gasteiger partial charge is 0.221 e. The van der Waals surface area contributed by atoms with Gasteiger partial charge in [0, 0.05) is 30.6 Å². The van der Waals surface area contributed by atoms with Crippen molar-refractivity contribution in [1.82, 2.24) is 4.90 Å². The Bertz CT molecular complexity index is 653. The van der Waals surface area contributed by atoms with Crippen LogP contribution in [0.25, 0.3) is 0 Å². The van der Waals surface area contributed by atoms with E-state index in [1.54, 1.807) is 0 Å². The molecule has 2 rings (SSSR count). The number of carbonyl (C=O) groups excluding carboxylic acids is 1. The first-order chi connectivity index (χ1) is 11.0. The van der Waals surface area contributed by atoms with Gasteiger partial charge < -0.3 is 10.2 Å². The SMILES string of the molecule is CC(=O)Nc1ccc(CN(C)CCC(=S)c2ccccc2)cc1. The van der Waals surface area contributed by atoms with Gasteiger partial charge in [0.15, 0.2) is 0 Å². The molecule has 1 N–H and O–H groups in total. The van der Waals surface area contributed by atoms with Crippen LogP contribution >= 0.6 is 12.2 Å². The fourth-order valence-corrected chi connectivity index (χ4v) is 2.58. The van der Waals surface area contributed by atoms with E-state index in [0.29, 0.717) is 0 Å². The van der Waals surface area contributed by atoms with Crippen molar-refractivity contribution in [3.05, 3.63) is 65.7 Å². The Morgan fingerprint density at radius 2 is 1.74 bits per heavy atom. The van der Waals surface area contributed by atoms with Gasteiger partial charge in [0.2, 0.25) is 5.91 Å². The highest BCUT2D eigenvalue weighted by Gasteiger charge is 2.05. The molecule has 4 heteroatoms. The van der Waals surface area contributed by atoms with Crippen molar-refractivity contribution in [2.75, 3.05) is 18.9 Å². The zero-order valence-corrected chi connectivity index (χ0v) is 14.4. The summed E-state index contributed by atoms with van der Waals surface area (Å²) in [6.07, 6.45) is 0.875. The standard InChI is InChI=1S/C19H22N2OS/c1-15(22)20-18-10-8-16(9-11-18)14-21(2)13-12-19(23)17-6-4-3-5-7-17/h3-11H,12-14H2,1-2H3,(H,20,22). The number of nitrogens with zero attached hydrogens (tertiary/aromatic N) is 1. The second kappa shape index (κ2) is 8.56. The first kappa shape index (κ1) is 17.3. The fraction of sp³-hybridized carbons (Fsp3) is 0.263. The lowest BCUT2D eigenvalue weighted by Gasteiger charge is -2.17. The minimum Gasteiger partial charge on any atom is -0.326 e. The number of carbonyl (C=O) groups is 1. The van der Waals surface area contributed by atoms with E-state index < -0.39 is 0 Å². The van der Waals surface area contributed by atoms with Crippen LogP contribution in [0.5, 0.6) is 0 Å². The van der Waals surface area contributed by atoms with Crippen molar-refractivity contribution in [3.8, 4) is 0 Å². The lowest BCUT2D eigenvalue weighted by atomic mass is 10.1. The Hall–Kier alpha value is -2.04. The minimum absolute atomic E-state index is 0.0516. The topological polar surface area (TPSA) is 32.3 Å². The average molecular weight is 326 g/mol. The number of nitrogens with one attached hydrogen (secondary N) is 1. The van der Waals surface area contributed by atoms with E-state index in [4.69, 9.17) is 12.2 Å². The van der Waals surface area contributed by atoms with Gasteiger partial charge in [0.25, 0.3) is 0 Å². The molecule has 120 valence electrons. The first-order valence-electron chi connectivity index (χ1n) is 7.68. The van der Waals surface area contributed by atoms with Crippen LogP contribution in [-0.2, 0) is 11.3 Å². The van der Waals surface area contributed by atoms with Gasteiger partial charge in [-0.2, -0.15) is 0 Å². The van der Waals surface area contributed by atoms with E-state index in [0.717, 1.165) is 35.6 Å². The van der Waals surface area contributed by atoms with E-state index in [-0.39, 0.29) is 5.91 Å². The van der Waals surface area contributed by atoms with E-state index >= 15 is 0 Å². The Kier molecular flexibility index (Phi) is 6.44. The monoisotopic (exact) mass is 326 g/mol. The van der Waals surface area contributed by atoms with Gasteiger partial charge in [-0.1, -0.05) is 54.7 Å². The van der Waals surface area contributed by atoms with Crippen molar-refractivity contribution in [2.45, 2.75) is 19.9 Å². The highest BCUT2D eigenvalue weighted by molar-refractivity contribution is 7.80. The molecule has 0 saturated carbocycles. The van der Waals surface area contributed by atoms with Gasteiger partial charge in [-0.3, -0.25) is 4.79 Å². The van der Waals surface area contributed by atoms with E-state index in [9.17, 15) is 4.79 Å². The molecule has 0 unspecified atom stereocenters. The van der Waals surface area contributed by atoms with Crippen molar-refractivity contribution >= 4 is 28.7 Å². The third-order valence-corrected chi connectivity index (χ3v) is 3.98. The zero-order valence-electron chi connectivity index (χ0n) is 13.6. The Labute approximate surface area is 143 Å². The Morgan fingerprint density at radius 3 is 2.35 bits per heavy atom. The summed E-state index contributed by atoms with van der Waals surface area (Å²) in [6.45, 7) is 3.29. The van der Waals surface area contributed by atoms with E-state index in [1.807, 2.05) is 42.5 Å². The molecule has 0 radical (unpaired) electrons. The van der Waals surface area contributed by atoms with Crippen LogP contribution in [0.15, 0.2) is 54.6 Å². The summed E-state index contributed by atoms with van der Waals surface area (Å²) in [6, 6.07) is 18.1. The fourth-order valence-electron chi connectivity index (χ4n) is 2.35. The second-order valence-electron chi connectivity index (χ2n) is 5.66. The summed E-state index contributed by atoms with van der Waals surface area (Å²) < 4.78 is 0. The number of amides is 1. The largest absolute Gasteiger partial charge is 0.326 e. The molecule has 0 bridgehead atoms. The van der Waals surface area contributed by atoms with Crippen LogP contribution in [0.1, 0.15) is 24.5 Å². The quantitative estimate of drug-likeness (QED) is 0.619. The molecule has 0 aliphatic rings. The van der Waals surface area contributed by atoms with E-state index in [2.05, 4.69) is 29.4 Å². The Balaban J connectivity index is 1.81. The van der Waals surface area contributed by atoms with Crippen LogP contribution in [-0.4, -0.2) is 29.3 Å². The van der Waals surface area contributed by atoms with Gasteiger partial charge in [-0.05, 0) is 36.7 Å². The third kappa shape index (κ3) is 5.93. The molecule has 0 aliphatic heterocycles. The molecule has 0 aromatic heterocycles. The van der Waals surface area contributed by atoms with Crippen molar-refractivity contribution in [1.29, 1.82) is 0 Å². The van der Waals surface area contributed by atoms with Gasteiger partial charge in [-0.15, -0.1) is 0 Å². The molecule has 0 heterocycles. The number of anilines is 1. The van der Waals surface area contributed by atoms with Crippen LogP contribution in [0.3, 0.4) is 0 Å². The normalized spacial score (nSPS) is 10.6. The number of benzene rings is 2. The summed E-state index contributed by atoms with van der Waals surface area (Å²) in [4.78, 5) is 14.3. The summed E-state index contributed by atoms with van der Waals surface area (Å²) in [5.41, 5.74) is 3.18. The van der Waals surface area contributed by atoms with Gasteiger partial charge in [-0.25, -0.2) is 0 Å². The molecule has 0 fully saturated rings. The molecule has 0 saturated heterocycles. The number of hydrogen-bond donors (Lipinski definition) is 1. The predicted octanol–water partition coefficient (Wildman–Crippen LogP) is 3.89. The molecule has 23 heavy (non-hydrogen) atoms. The maximum Gasteiger partial charge on any atom is 0.221 e. The number of thiocarbonyl (C=S) groups is 1. The Morgan fingerprint density at radius 1 is 1.09 bits per heavy atom. The van der Waals surface area contributed by atoms with Crippen molar-refractivity contribution < 1.29 is 4.79 Å². The zero-order chi connectivity index (χ0) is 16.7. The molecule has 0 atom stereocenters. The van der Waals surface area contributed by atoms with Crippen LogP contribution in [0, 0.1) is 0 Å². The minimum atomic E-state index is -0.0516. The molecule has 0 aliphatic carbocycles. The van der Waals surface area contributed by atoms with Crippen molar-refractivity contribution in [2.24, 2.45) is 0 Å². The molecule has 3 nitrogen and oxygen atoms in total. The van der Waals surface area contributed by atoms with Crippen LogP contribution in [0.2, 0.25) is 0 Å². The summed E-state index contributed by atoms with van der Waals surface area (Å²) in [5, 5.41) is 2.77. The van der Waals surface area contributed by atoms with Crippen LogP contribution < -0.4 is 5.32 Å². The molecule has 0 spiro atoms. The first-order valence-corrected chi connectivity index (χ1v) is 8.09. The predicted molar refractivity (Wildman–Crippen MR) is 99.8 cm³/mol. The number of hydrogen-bond acceptors (Lipinski definition) is 3. The summed E-state index contributed by atoms with van der Waals surface area (Å²) in [5.74, 6) is -0.0516. The molecule has 1 amide bonds. The van der Waals surface area contributed by atoms with Crippen LogP contribution in [0.4, 0.5) is 5.69 Å². The molecular formula is C19H22N2OS. The summed E-state index contributed by atoms with van der Waals surface area (Å²) in [7, 11) is 2.09. The van der Waals surface area contributed by atoms with Crippen molar-refractivity contribution in [3.63, 3.8) is 0 Å². The summed E-state index contributed by atoms with van der Waals surface area (Å²) >= 11 is 5.49. The maximum absolute atomic E-state index is 11.0. The third-order valence-electron chi connectivity index (χ3n) is 3.54. The number of rotatable bonds is 7. The lowest BCUT2D eigenvalue weighted by molar-refractivity contribution is -0.114. The molecule has 2 aromatic carbocycles.